The number of nitrogens with zero attached hydrogens (tertiary/aromatic N) is 24. The van der Waals surface area contributed by atoms with E-state index in [0.717, 1.165) is 65.6 Å². The Hall–Kier alpha value is -7.02. The lowest BCUT2D eigenvalue weighted by atomic mass is 10.2. The molecule has 10 aromatic rings. The lowest BCUT2D eigenvalue weighted by Gasteiger charge is -2.28. The number of aliphatic hydroxyl groups is 4. The van der Waals surface area contributed by atoms with Gasteiger partial charge in [0.15, 0.2) is 32.9 Å². The van der Waals surface area contributed by atoms with E-state index in [9.17, 15) is 20.4 Å². The first-order chi connectivity index (χ1) is 49.5. The second-order valence-corrected chi connectivity index (χ2v) is 25.8. The summed E-state index contributed by atoms with van der Waals surface area (Å²) in [5.41, 5.74) is 18.2. The molecule has 15 rings (SSSR count). The molecule has 0 bridgehead atoms. The molecule has 15 heterocycles. The zero-order valence-corrected chi connectivity index (χ0v) is 59.7. The zero-order valence-electron chi connectivity index (χ0n) is 55.2. The van der Waals surface area contributed by atoms with Crippen molar-refractivity contribution in [2.24, 2.45) is 0 Å². The number of H-pyrrole nitrogens is 1. The van der Waals surface area contributed by atoms with Gasteiger partial charge < -0.3 is 79.2 Å². The summed E-state index contributed by atoms with van der Waals surface area (Å²) in [6, 6.07) is 0. The zero-order chi connectivity index (χ0) is 71.5. The number of halogens is 6. The maximum Gasteiger partial charge on any atom is 0.228 e. The molecule has 5 aliphatic rings. The highest BCUT2D eigenvalue weighted by molar-refractivity contribution is 6.35. The number of fused-ring (bicyclic) bond motifs is 4. The van der Waals surface area contributed by atoms with Gasteiger partial charge in [0.25, 0.3) is 0 Å². The Kier molecular flexibility index (Phi) is 32.9. The molecule has 0 radical (unpaired) electrons. The quantitative estimate of drug-likeness (QED) is 0.0363. The van der Waals surface area contributed by atoms with Crippen LogP contribution >= 0.6 is 69.6 Å². The number of anilines is 3. The average Bonchev–Trinajstić information content (AvgIpc) is 1.69. The van der Waals surface area contributed by atoms with E-state index in [4.69, 9.17) is 115 Å². The Morgan fingerprint density at radius 1 is 0.400 bits per heavy atom. The average molecular weight is 1580 g/mol. The number of alkyl halides is 1. The smallest absolute Gasteiger partial charge is 0.228 e. The van der Waals surface area contributed by atoms with Gasteiger partial charge in [0.1, 0.15) is 33.5 Å². The highest BCUT2D eigenvalue weighted by atomic mass is 35.5. The number of aliphatic hydroxyl groups excluding tert-OH is 4. The fourth-order valence-electron chi connectivity index (χ4n) is 11.4. The molecule has 0 aliphatic carbocycles. The molecule has 4 atom stereocenters. The summed E-state index contributed by atoms with van der Waals surface area (Å²) in [7, 11) is 0. The Bertz CT molecular complexity index is 4260. The highest BCUT2D eigenvalue weighted by Gasteiger charge is 2.25. The molecule has 5 fully saturated rings. The summed E-state index contributed by atoms with van der Waals surface area (Å²) in [6.45, 7) is 18.7. The first-order valence-electron chi connectivity index (χ1n) is 32.6. The van der Waals surface area contributed by atoms with Gasteiger partial charge >= 0.3 is 0 Å². The van der Waals surface area contributed by atoms with Crippen molar-refractivity contribution in [3.05, 3.63) is 76.3 Å². The van der Waals surface area contributed by atoms with E-state index >= 15 is 0 Å². The fraction of sp³-hybridized carbons (Fsp3) is 0.556. The van der Waals surface area contributed by atoms with E-state index in [1.807, 2.05) is 4.57 Å². The van der Waals surface area contributed by atoms with Crippen LogP contribution in [0.4, 0.5) is 17.8 Å². The number of nitrogens with one attached hydrogen (secondary N) is 1. The number of hydrogen-bond donors (Lipinski definition) is 7. The van der Waals surface area contributed by atoms with Gasteiger partial charge in [-0.15, -0.1) is 11.6 Å². The molecule has 36 nitrogen and oxygen atoms in total. The van der Waals surface area contributed by atoms with Crippen molar-refractivity contribution in [1.29, 1.82) is 0 Å². The summed E-state index contributed by atoms with van der Waals surface area (Å²) < 4.78 is 32.0. The minimum atomic E-state index is -0.572. The van der Waals surface area contributed by atoms with E-state index in [1.165, 1.54) is 6.33 Å². The van der Waals surface area contributed by atoms with Crippen LogP contribution < -0.4 is 16.4 Å². The van der Waals surface area contributed by atoms with Crippen LogP contribution in [-0.4, -0.2) is 326 Å². The fourth-order valence-corrected chi connectivity index (χ4v) is 12.5. The molecule has 0 spiro atoms. The van der Waals surface area contributed by atoms with Gasteiger partial charge in [0.05, 0.1) is 135 Å². The first kappa shape index (κ1) is 83.6. The molecule has 5 saturated heterocycles. The highest BCUT2D eigenvalue weighted by Crippen LogP contribution is 2.30. The van der Waals surface area contributed by atoms with Crippen molar-refractivity contribution in [2.45, 2.75) is 66.3 Å². The summed E-state index contributed by atoms with van der Waals surface area (Å²) in [5.74, 6) is 1.28. The van der Waals surface area contributed by atoms with Gasteiger partial charge in [-0.25, -0.2) is 59.8 Å². The number of aromatic amines is 1. The Labute approximate surface area is 635 Å². The van der Waals surface area contributed by atoms with E-state index < -0.39 is 24.4 Å². The van der Waals surface area contributed by atoms with E-state index in [0.29, 0.717) is 191 Å². The van der Waals surface area contributed by atoms with Crippen molar-refractivity contribution >= 4 is 132 Å². The number of aromatic nitrogens is 20. The Morgan fingerprint density at radius 3 is 1.18 bits per heavy atom. The summed E-state index contributed by atoms with van der Waals surface area (Å²) in [4.78, 5) is 80.4. The van der Waals surface area contributed by atoms with Crippen LogP contribution in [0.1, 0.15) is 22.3 Å². The number of ether oxygens (including phenoxy) is 5. The molecule has 572 valence electrons. The third-order valence-electron chi connectivity index (χ3n) is 16.4. The van der Waals surface area contributed by atoms with E-state index in [2.05, 4.69) is 99.3 Å². The molecular weight excluding hydrogens is 1490 g/mol. The Balaban J connectivity index is 0.000000174. The van der Waals surface area contributed by atoms with Crippen molar-refractivity contribution in [1.82, 2.24) is 118 Å². The van der Waals surface area contributed by atoms with Crippen LogP contribution in [0, 0.1) is 0 Å². The van der Waals surface area contributed by atoms with Crippen molar-refractivity contribution < 1.29 is 44.1 Å². The molecule has 9 N–H and O–H groups in total. The molecule has 42 heteroatoms. The number of morpholine rings is 5. The third kappa shape index (κ3) is 23.7. The second kappa shape index (κ2) is 41.4. The minimum absolute atomic E-state index is 0. The van der Waals surface area contributed by atoms with Crippen molar-refractivity contribution in [2.75, 3.05) is 180 Å². The summed E-state index contributed by atoms with van der Waals surface area (Å²) in [6.07, 6.45) is 10.7. The van der Waals surface area contributed by atoms with Crippen molar-refractivity contribution in [3.8, 4) is 22.5 Å². The van der Waals surface area contributed by atoms with E-state index in [1.54, 1.807) is 52.9 Å². The summed E-state index contributed by atoms with van der Waals surface area (Å²) in [5, 5.41) is 41.4. The van der Waals surface area contributed by atoms with Crippen LogP contribution in [-0.2, 0) is 43.3 Å². The molecular formula is C63H89Cl6N27O9. The number of nitrogen functional groups attached to an aromatic ring is 2. The third-order valence-corrected chi connectivity index (χ3v) is 17.8. The Morgan fingerprint density at radius 2 is 0.752 bits per heavy atom. The predicted octanol–water partition coefficient (Wildman–Crippen LogP) is 3.92. The SMILES string of the molecule is C.C.C.Clc1nc(Cl)c2[nH]cnc2n1.Nc1ncc(-c2nc(Cl)nc3c2ncn3CC(O)CN2CCOCC2)cn1.Nc1ncc(-c2nc(N3CCOCC3)nc3c2ncn3CC(O)CN2CCOCC2)cn1.OC(CCl)CN1CCOCC1.OC(CN1CCOCC1)Cn1cnc2c(Cl)nc(Cl)nc21. The van der Waals surface area contributed by atoms with Crippen molar-refractivity contribution in [3.63, 3.8) is 0 Å². The predicted molar refractivity (Wildman–Crippen MR) is 401 cm³/mol. The molecule has 10 aromatic heterocycles. The van der Waals surface area contributed by atoms with Crippen LogP contribution in [0.15, 0.2) is 50.1 Å². The number of imidazole rings is 4. The van der Waals surface area contributed by atoms with Crippen LogP contribution in [0.3, 0.4) is 0 Å². The monoisotopic (exact) mass is 1580 g/mol. The van der Waals surface area contributed by atoms with Crippen LogP contribution in [0.5, 0.6) is 0 Å². The number of nitrogens with two attached hydrogens (primary N) is 2. The first-order valence-corrected chi connectivity index (χ1v) is 35.1. The van der Waals surface area contributed by atoms with Gasteiger partial charge in [-0.3, -0.25) is 19.6 Å². The second-order valence-electron chi connectivity index (χ2n) is 23.8. The topological polar surface area (TPSA) is 432 Å². The summed E-state index contributed by atoms with van der Waals surface area (Å²) >= 11 is 34.6. The standard InChI is InChI=1S/C20H27N9O3.C16H19ClN8O2.C12H15Cl2N5O2.C7H14ClNO2.C5H2Cl2N4.3CH4/c21-19-22-9-14(10-23-19)16-17-18(26-20(25-16)28-3-7-32-8-4-28)29(13-24-17)12-15(30)11-27-1-5-31-6-2-27;17-15-22-12(10-5-19-16(18)20-6-10)13-14(23-15)25(9-21-13)8-11(26)7-24-1-3-27-4-2-24;13-10-9-11(17-12(14)16-10)19(7-15-9)6-8(20)5-18-1-3-21-4-2-18;8-5-7(10)6-9-1-3-11-4-2-9;6-3-2-4(9-1-8-2)11-5(7)10-3;;;/h9-10,13,15,30H,1-8,11-12H2,(H2,21,22,23);5-6,9,11,26H,1-4,7-8H2,(H2,18,19,20);7-8,20H,1-6H2;7,10H,1-6H2;1H,(H,8,9,10,11);3*1H4. The van der Waals surface area contributed by atoms with Gasteiger partial charge in [-0.2, -0.15) is 19.9 Å². The largest absolute Gasteiger partial charge is 0.391 e. The van der Waals surface area contributed by atoms with Gasteiger partial charge in [-0.1, -0.05) is 45.5 Å². The molecule has 4 unspecified atom stereocenters. The number of rotatable bonds is 18. The van der Waals surface area contributed by atoms with Gasteiger partial charge in [0.2, 0.25) is 33.7 Å². The molecule has 0 amide bonds. The van der Waals surface area contributed by atoms with Crippen LogP contribution in [0.2, 0.25) is 26.2 Å². The van der Waals surface area contributed by atoms with Gasteiger partial charge in [0, 0.05) is 133 Å². The lowest BCUT2D eigenvalue weighted by Crippen LogP contribution is -2.42. The number of hydrogen-bond acceptors (Lipinski definition) is 32. The molecule has 0 aromatic carbocycles. The lowest BCUT2D eigenvalue weighted by molar-refractivity contribution is 0.0115. The normalized spacial score (nSPS) is 17.3. The maximum absolute atomic E-state index is 10.7. The molecule has 105 heavy (non-hydrogen) atoms. The molecule has 0 saturated carbocycles. The van der Waals surface area contributed by atoms with Gasteiger partial charge in [-0.05, 0) is 34.8 Å². The van der Waals surface area contributed by atoms with E-state index in [-0.39, 0.29) is 60.3 Å². The minimum Gasteiger partial charge on any atom is -0.391 e. The van der Waals surface area contributed by atoms with Crippen LogP contribution in [0.25, 0.3) is 67.2 Å². The maximum atomic E-state index is 10.7. The number of β-amino-alcohol motifs (C(OH)–C–C–N with tert-alkyl or cyclic N) is 4. The molecule has 5 aliphatic heterocycles.